The molecule has 1 rings (SSSR count). The van der Waals surface area contributed by atoms with Gasteiger partial charge in [-0.05, 0) is 25.7 Å². The Kier molecular flexibility index (Phi) is 4.02. The van der Waals surface area contributed by atoms with Crippen molar-refractivity contribution in [3.63, 3.8) is 0 Å². The van der Waals surface area contributed by atoms with Crippen molar-refractivity contribution in [2.75, 3.05) is 6.61 Å². The molecule has 0 aliphatic heterocycles. The van der Waals surface area contributed by atoms with Crippen LogP contribution < -0.4 is 0 Å². The van der Waals surface area contributed by atoms with E-state index in [0.717, 1.165) is 12.5 Å². The maximum Gasteiger partial charge on any atom is 0.120 e. The zero-order valence-electron chi connectivity index (χ0n) is 7.25. The molecule has 2 heteroatoms. The fourth-order valence-electron chi connectivity index (χ4n) is 1.58. The van der Waals surface area contributed by atoms with E-state index in [-0.39, 0.29) is 0 Å². The molecule has 0 aromatic heterocycles. The van der Waals surface area contributed by atoms with Crippen LogP contribution in [0.15, 0.2) is 5.16 Å². The van der Waals surface area contributed by atoms with Crippen molar-refractivity contribution in [3.8, 4) is 0 Å². The normalized spacial score (nSPS) is 20.8. The van der Waals surface area contributed by atoms with Gasteiger partial charge < -0.3 is 4.84 Å². The monoisotopic (exact) mass is 155 g/mol. The van der Waals surface area contributed by atoms with Crippen molar-refractivity contribution in [3.05, 3.63) is 0 Å². The van der Waals surface area contributed by atoms with Crippen LogP contribution in [0.5, 0.6) is 0 Å². The van der Waals surface area contributed by atoms with Crippen LogP contribution in [0.2, 0.25) is 0 Å². The van der Waals surface area contributed by atoms with E-state index in [1.807, 2.05) is 6.92 Å². The Hall–Kier alpha value is -0.530. The van der Waals surface area contributed by atoms with Crippen molar-refractivity contribution < 1.29 is 4.84 Å². The Morgan fingerprint density at radius 2 is 2.09 bits per heavy atom. The fourth-order valence-corrected chi connectivity index (χ4v) is 1.58. The Morgan fingerprint density at radius 3 is 2.73 bits per heavy atom. The van der Waals surface area contributed by atoms with E-state index in [1.54, 1.807) is 6.21 Å². The molecule has 0 saturated heterocycles. The molecule has 1 saturated carbocycles. The molecule has 1 aliphatic carbocycles. The number of hydrogen-bond acceptors (Lipinski definition) is 2. The number of hydrogen-bond donors (Lipinski definition) is 0. The lowest BCUT2D eigenvalue weighted by molar-refractivity contribution is 0.0926. The summed E-state index contributed by atoms with van der Waals surface area (Å²) >= 11 is 0. The zero-order valence-corrected chi connectivity index (χ0v) is 7.25. The first-order valence-corrected chi connectivity index (χ1v) is 4.53. The van der Waals surface area contributed by atoms with Crippen LogP contribution in [0, 0.1) is 5.92 Å². The van der Waals surface area contributed by atoms with Crippen LogP contribution in [0.25, 0.3) is 0 Å². The van der Waals surface area contributed by atoms with Gasteiger partial charge >= 0.3 is 0 Å². The molecule has 0 N–H and O–H groups in total. The van der Waals surface area contributed by atoms with Gasteiger partial charge in [0, 0.05) is 6.21 Å². The highest BCUT2D eigenvalue weighted by Gasteiger charge is 2.13. The van der Waals surface area contributed by atoms with E-state index < -0.39 is 0 Å². The smallest absolute Gasteiger partial charge is 0.120 e. The van der Waals surface area contributed by atoms with Crippen molar-refractivity contribution in [1.82, 2.24) is 0 Å². The van der Waals surface area contributed by atoms with Crippen molar-refractivity contribution in [2.24, 2.45) is 11.1 Å². The van der Waals surface area contributed by atoms with E-state index in [9.17, 15) is 0 Å². The topological polar surface area (TPSA) is 21.6 Å². The van der Waals surface area contributed by atoms with E-state index in [1.165, 1.54) is 32.1 Å². The maximum atomic E-state index is 5.09. The summed E-state index contributed by atoms with van der Waals surface area (Å²) in [4.78, 5) is 5.09. The molecule has 0 atom stereocenters. The SMILES string of the molecule is C/C=N\OCC1CCCCC1. The summed E-state index contributed by atoms with van der Waals surface area (Å²) in [5.41, 5.74) is 0. The second-order valence-electron chi connectivity index (χ2n) is 3.16. The van der Waals surface area contributed by atoms with Crippen LogP contribution >= 0.6 is 0 Å². The highest BCUT2D eigenvalue weighted by Crippen LogP contribution is 2.23. The van der Waals surface area contributed by atoms with Gasteiger partial charge in [-0.2, -0.15) is 0 Å². The first kappa shape index (κ1) is 8.57. The molecular formula is C9H17NO. The van der Waals surface area contributed by atoms with Crippen LogP contribution in [0.1, 0.15) is 39.0 Å². The van der Waals surface area contributed by atoms with E-state index >= 15 is 0 Å². The molecule has 0 amide bonds. The summed E-state index contributed by atoms with van der Waals surface area (Å²) in [6.45, 7) is 2.70. The van der Waals surface area contributed by atoms with Crippen molar-refractivity contribution in [1.29, 1.82) is 0 Å². The van der Waals surface area contributed by atoms with Gasteiger partial charge in [0.15, 0.2) is 0 Å². The molecule has 11 heavy (non-hydrogen) atoms. The number of nitrogens with zero attached hydrogens (tertiary/aromatic N) is 1. The van der Waals surface area contributed by atoms with Gasteiger partial charge in [-0.25, -0.2) is 0 Å². The molecule has 0 aromatic rings. The Morgan fingerprint density at radius 1 is 1.36 bits per heavy atom. The van der Waals surface area contributed by atoms with Gasteiger partial charge in [0.2, 0.25) is 0 Å². The lowest BCUT2D eigenvalue weighted by Crippen LogP contribution is -2.11. The summed E-state index contributed by atoms with van der Waals surface area (Å²) in [5, 5.41) is 3.74. The van der Waals surface area contributed by atoms with Crippen LogP contribution in [-0.4, -0.2) is 12.8 Å². The predicted molar refractivity (Wildman–Crippen MR) is 46.7 cm³/mol. The molecule has 1 fully saturated rings. The average molecular weight is 155 g/mol. The molecule has 64 valence electrons. The first-order valence-electron chi connectivity index (χ1n) is 4.53. The van der Waals surface area contributed by atoms with Crippen LogP contribution in [0.3, 0.4) is 0 Å². The Balaban J connectivity index is 2.04. The Bertz CT molecular complexity index is 117. The molecule has 0 aromatic carbocycles. The molecule has 1 aliphatic rings. The minimum atomic E-state index is 0.771. The summed E-state index contributed by atoms with van der Waals surface area (Å²) in [5.74, 6) is 0.771. The van der Waals surface area contributed by atoms with Gasteiger partial charge in [0.05, 0.1) is 0 Å². The maximum absolute atomic E-state index is 5.09. The minimum absolute atomic E-state index is 0.771. The van der Waals surface area contributed by atoms with E-state index in [0.29, 0.717) is 0 Å². The third-order valence-corrected chi connectivity index (χ3v) is 2.21. The predicted octanol–water partition coefficient (Wildman–Crippen LogP) is 2.59. The second kappa shape index (κ2) is 5.16. The summed E-state index contributed by atoms with van der Waals surface area (Å²) < 4.78 is 0. The molecule has 0 spiro atoms. The second-order valence-corrected chi connectivity index (χ2v) is 3.16. The zero-order chi connectivity index (χ0) is 7.94. The number of rotatable bonds is 3. The van der Waals surface area contributed by atoms with Crippen molar-refractivity contribution >= 4 is 6.21 Å². The molecule has 0 unspecified atom stereocenters. The van der Waals surface area contributed by atoms with Gasteiger partial charge in [-0.15, -0.1) is 0 Å². The van der Waals surface area contributed by atoms with Crippen LogP contribution in [-0.2, 0) is 4.84 Å². The van der Waals surface area contributed by atoms with Gasteiger partial charge in [0.1, 0.15) is 6.61 Å². The first-order chi connectivity index (χ1) is 5.43. The lowest BCUT2D eigenvalue weighted by atomic mass is 9.90. The summed E-state index contributed by atoms with van der Waals surface area (Å²) in [6.07, 6.45) is 8.53. The molecule has 0 bridgehead atoms. The quantitative estimate of drug-likeness (QED) is 0.453. The van der Waals surface area contributed by atoms with Gasteiger partial charge in [0.25, 0.3) is 0 Å². The standard InChI is InChI=1S/C9H17NO/c1-2-10-11-8-9-6-4-3-5-7-9/h2,9H,3-8H2,1H3/b10-2-. The fraction of sp³-hybridized carbons (Fsp3) is 0.889. The van der Waals surface area contributed by atoms with E-state index in [4.69, 9.17) is 4.84 Å². The average Bonchev–Trinajstić information content (AvgIpc) is 2.07. The Labute approximate surface area is 68.6 Å². The third-order valence-electron chi connectivity index (χ3n) is 2.21. The molecule has 2 nitrogen and oxygen atoms in total. The lowest BCUT2D eigenvalue weighted by Gasteiger charge is -2.19. The molecule has 0 radical (unpaired) electrons. The third kappa shape index (κ3) is 3.40. The van der Waals surface area contributed by atoms with Gasteiger partial charge in [-0.1, -0.05) is 24.4 Å². The van der Waals surface area contributed by atoms with Crippen LogP contribution in [0.4, 0.5) is 0 Å². The largest absolute Gasteiger partial charge is 0.396 e. The molecular weight excluding hydrogens is 138 g/mol. The van der Waals surface area contributed by atoms with Crippen molar-refractivity contribution in [2.45, 2.75) is 39.0 Å². The summed E-state index contributed by atoms with van der Waals surface area (Å²) in [6, 6.07) is 0. The number of oxime groups is 1. The minimum Gasteiger partial charge on any atom is -0.396 e. The highest BCUT2D eigenvalue weighted by molar-refractivity contribution is 5.52. The summed E-state index contributed by atoms with van der Waals surface area (Å²) in [7, 11) is 0. The molecule has 0 heterocycles. The van der Waals surface area contributed by atoms with E-state index in [2.05, 4.69) is 5.16 Å². The van der Waals surface area contributed by atoms with Gasteiger partial charge in [-0.3, -0.25) is 0 Å². The highest BCUT2D eigenvalue weighted by atomic mass is 16.6.